The van der Waals surface area contributed by atoms with E-state index in [9.17, 15) is 9.59 Å². The average molecular weight is 216 g/mol. The highest BCUT2D eigenvalue weighted by atomic mass is 16.4. The zero-order valence-corrected chi connectivity index (χ0v) is 9.54. The predicted octanol–water partition coefficient (Wildman–Crippen LogP) is 1.19. The van der Waals surface area contributed by atoms with Gasteiger partial charge >= 0.3 is 12.0 Å². The van der Waals surface area contributed by atoms with E-state index in [4.69, 9.17) is 5.11 Å². The number of carbonyl (C=O) groups excluding carboxylic acids is 1. The summed E-state index contributed by atoms with van der Waals surface area (Å²) >= 11 is 0. The molecule has 15 heavy (non-hydrogen) atoms. The first-order chi connectivity index (χ1) is 6.95. The van der Waals surface area contributed by atoms with E-state index in [2.05, 4.69) is 10.6 Å². The molecule has 2 amide bonds. The minimum Gasteiger partial charge on any atom is -0.481 e. The third kappa shape index (κ3) is 7.78. The molecule has 0 saturated carbocycles. The van der Waals surface area contributed by atoms with Gasteiger partial charge in [0.2, 0.25) is 0 Å². The van der Waals surface area contributed by atoms with Gasteiger partial charge < -0.3 is 15.7 Å². The number of amides is 2. The van der Waals surface area contributed by atoms with Crippen LogP contribution in [0.25, 0.3) is 0 Å². The second-order valence-electron chi connectivity index (χ2n) is 3.88. The van der Waals surface area contributed by atoms with E-state index in [1.165, 1.54) is 0 Å². The van der Waals surface area contributed by atoms with Gasteiger partial charge in [0.05, 0.1) is 0 Å². The van der Waals surface area contributed by atoms with Crippen LogP contribution >= 0.6 is 0 Å². The van der Waals surface area contributed by atoms with Crippen LogP contribution < -0.4 is 10.6 Å². The van der Waals surface area contributed by atoms with Crippen molar-refractivity contribution >= 4 is 12.0 Å². The second kappa shape index (κ2) is 7.09. The maximum Gasteiger partial charge on any atom is 0.314 e. The molecule has 0 aliphatic heterocycles. The SMILES string of the molecule is CCC(CNC(=O)NC(C)C)CC(=O)O. The largest absolute Gasteiger partial charge is 0.481 e. The smallest absolute Gasteiger partial charge is 0.314 e. The van der Waals surface area contributed by atoms with Gasteiger partial charge in [-0.25, -0.2) is 4.79 Å². The zero-order valence-electron chi connectivity index (χ0n) is 9.54. The van der Waals surface area contributed by atoms with E-state index in [1.54, 1.807) is 0 Å². The molecule has 0 aromatic carbocycles. The molecule has 88 valence electrons. The Bertz CT molecular complexity index is 217. The summed E-state index contributed by atoms with van der Waals surface area (Å²) in [6, 6.07) is -0.154. The van der Waals surface area contributed by atoms with Gasteiger partial charge in [-0.15, -0.1) is 0 Å². The van der Waals surface area contributed by atoms with Crippen molar-refractivity contribution in [3.05, 3.63) is 0 Å². The van der Waals surface area contributed by atoms with Crippen LogP contribution in [-0.2, 0) is 4.79 Å². The van der Waals surface area contributed by atoms with Gasteiger partial charge in [0.1, 0.15) is 0 Å². The van der Waals surface area contributed by atoms with E-state index in [0.717, 1.165) is 6.42 Å². The van der Waals surface area contributed by atoms with Gasteiger partial charge in [-0.1, -0.05) is 13.3 Å². The number of carboxylic acids is 1. The Morgan fingerprint density at radius 1 is 1.33 bits per heavy atom. The Kier molecular flexibility index (Phi) is 6.49. The van der Waals surface area contributed by atoms with Crippen molar-refractivity contribution in [2.75, 3.05) is 6.54 Å². The predicted molar refractivity (Wildman–Crippen MR) is 57.7 cm³/mol. The lowest BCUT2D eigenvalue weighted by Gasteiger charge is -2.15. The highest BCUT2D eigenvalue weighted by molar-refractivity contribution is 5.74. The lowest BCUT2D eigenvalue weighted by Crippen LogP contribution is -2.41. The van der Waals surface area contributed by atoms with Crippen molar-refractivity contribution in [3.63, 3.8) is 0 Å². The summed E-state index contributed by atoms with van der Waals surface area (Å²) in [4.78, 5) is 21.7. The number of carbonyl (C=O) groups is 2. The maximum absolute atomic E-state index is 11.2. The van der Waals surface area contributed by atoms with Crippen LogP contribution in [0.5, 0.6) is 0 Å². The Labute approximate surface area is 90.2 Å². The second-order valence-corrected chi connectivity index (χ2v) is 3.88. The normalized spacial score (nSPS) is 12.3. The molecule has 0 heterocycles. The number of hydrogen-bond acceptors (Lipinski definition) is 2. The number of urea groups is 1. The standard InChI is InChI=1S/C10H20N2O3/c1-4-8(5-9(13)14)6-11-10(15)12-7(2)3/h7-8H,4-6H2,1-3H3,(H,13,14)(H2,11,12,15). The van der Waals surface area contributed by atoms with Gasteiger partial charge in [-0.3, -0.25) is 4.79 Å². The molecule has 1 atom stereocenters. The lowest BCUT2D eigenvalue weighted by atomic mass is 10.0. The topological polar surface area (TPSA) is 78.4 Å². The molecule has 5 heteroatoms. The van der Waals surface area contributed by atoms with Crippen LogP contribution in [0.15, 0.2) is 0 Å². The van der Waals surface area contributed by atoms with Gasteiger partial charge in [0, 0.05) is 19.0 Å². The first kappa shape index (κ1) is 13.7. The fourth-order valence-electron chi connectivity index (χ4n) is 1.16. The highest BCUT2D eigenvalue weighted by Gasteiger charge is 2.12. The number of rotatable bonds is 6. The molecule has 0 saturated heterocycles. The van der Waals surface area contributed by atoms with E-state index in [-0.39, 0.29) is 24.4 Å². The van der Waals surface area contributed by atoms with Crippen LogP contribution in [0.1, 0.15) is 33.6 Å². The molecule has 0 radical (unpaired) electrons. The number of aliphatic carboxylic acids is 1. The first-order valence-electron chi connectivity index (χ1n) is 5.21. The number of hydrogen-bond donors (Lipinski definition) is 3. The minimum absolute atomic E-state index is 0.000382. The zero-order chi connectivity index (χ0) is 11.8. The van der Waals surface area contributed by atoms with Crippen LogP contribution in [0.4, 0.5) is 4.79 Å². The molecule has 5 nitrogen and oxygen atoms in total. The van der Waals surface area contributed by atoms with E-state index in [1.807, 2.05) is 20.8 Å². The molecule has 0 rings (SSSR count). The average Bonchev–Trinajstić information content (AvgIpc) is 2.10. The van der Waals surface area contributed by atoms with Crippen LogP contribution in [-0.4, -0.2) is 29.7 Å². The monoisotopic (exact) mass is 216 g/mol. The summed E-state index contributed by atoms with van der Waals surface area (Å²) in [5.41, 5.74) is 0. The third-order valence-corrected chi connectivity index (χ3v) is 2.01. The van der Waals surface area contributed by atoms with E-state index in [0.29, 0.717) is 6.54 Å². The molecular formula is C10H20N2O3. The molecule has 0 aromatic rings. The van der Waals surface area contributed by atoms with Crippen molar-refractivity contribution in [1.29, 1.82) is 0 Å². The van der Waals surface area contributed by atoms with Crippen molar-refractivity contribution < 1.29 is 14.7 Å². The Hall–Kier alpha value is -1.26. The van der Waals surface area contributed by atoms with E-state index >= 15 is 0 Å². The Morgan fingerprint density at radius 3 is 2.33 bits per heavy atom. The van der Waals surface area contributed by atoms with Crippen molar-refractivity contribution in [3.8, 4) is 0 Å². The molecule has 0 fully saturated rings. The summed E-state index contributed by atoms with van der Waals surface area (Å²) < 4.78 is 0. The lowest BCUT2D eigenvalue weighted by molar-refractivity contribution is -0.138. The molecule has 1 unspecified atom stereocenters. The molecule has 3 N–H and O–H groups in total. The molecule has 0 spiro atoms. The quantitative estimate of drug-likeness (QED) is 0.624. The first-order valence-corrected chi connectivity index (χ1v) is 5.21. The van der Waals surface area contributed by atoms with Gasteiger partial charge in [0.25, 0.3) is 0 Å². The summed E-state index contributed by atoms with van der Waals surface area (Å²) in [6.45, 7) is 6.05. The summed E-state index contributed by atoms with van der Waals surface area (Å²) in [7, 11) is 0. The highest BCUT2D eigenvalue weighted by Crippen LogP contribution is 2.06. The summed E-state index contributed by atoms with van der Waals surface area (Å²) in [5.74, 6) is -0.826. The van der Waals surface area contributed by atoms with Crippen molar-refractivity contribution in [2.24, 2.45) is 5.92 Å². The van der Waals surface area contributed by atoms with Crippen LogP contribution in [0.2, 0.25) is 0 Å². The van der Waals surface area contributed by atoms with Gasteiger partial charge in [-0.2, -0.15) is 0 Å². The molecule has 0 bridgehead atoms. The van der Waals surface area contributed by atoms with Gasteiger partial charge in [0.15, 0.2) is 0 Å². The number of carboxylic acid groups (broad SMARTS) is 1. The van der Waals surface area contributed by atoms with Crippen molar-refractivity contribution in [2.45, 2.75) is 39.7 Å². The van der Waals surface area contributed by atoms with Crippen LogP contribution in [0, 0.1) is 5.92 Å². The van der Waals surface area contributed by atoms with Gasteiger partial charge in [-0.05, 0) is 19.8 Å². The summed E-state index contributed by atoms with van der Waals surface area (Å²) in [6.07, 6.45) is 0.840. The molecule has 0 aliphatic rings. The van der Waals surface area contributed by atoms with Crippen LogP contribution in [0.3, 0.4) is 0 Å². The summed E-state index contributed by atoms with van der Waals surface area (Å²) in [5, 5.41) is 13.9. The molecule has 0 aliphatic carbocycles. The Balaban J connectivity index is 3.79. The molecule has 0 aromatic heterocycles. The maximum atomic E-state index is 11.2. The Morgan fingerprint density at radius 2 is 1.93 bits per heavy atom. The number of nitrogens with one attached hydrogen (secondary N) is 2. The van der Waals surface area contributed by atoms with Crippen molar-refractivity contribution in [1.82, 2.24) is 10.6 Å². The fraction of sp³-hybridized carbons (Fsp3) is 0.800. The minimum atomic E-state index is -0.826. The third-order valence-electron chi connectivity index (χ3n) is 2.01. The van der Waals surface area contributed by atoms with E-state index < -0.39 is 5.97 Å². The fourth-order valence-corrected chi connectivity index (χ4v) is 1.16. The molecular weight excluding hydrogens is 196 g/mol.